The monoisotopic (exact) mass is 365 g/mol. The average molecular weight is 366 g/mol. The molecule has 7 heteroatoms. The Morgan fingerprint density at radius 2 is 1.95 bits per heavy atom. The quantitative estimate of drug-likeness (QED) is 0.789. The van der Waals surface area contributed by atoms with Gasteiger partial charge in [0.25, 0.3) is 0 Å². The molecule has 2 rings (SSSR count). The number of anilines is 1. The molecule has 22 heavy (non-hydrogen) atoms. The maximum atomic E-state index is 11.6. The van der Waals surface area contributed by atoms with Gasteiger partial charge in [-0.2, -0.15) is 5.10 Å². The zero-order valence-corrected chi connectivity index (χ0v) is 13.4. The number of carboxylic acids is 1. The molecule has 0 aliphatic heterocycles. The molecule has 0 atom stereocenters. The fourth-order valence-electron chi connectivity index (χ4n) is 1.93. The number of rotatable bonds is 7. The number of halogens is 1. The van der Waals surface area contributed by atoms with Crippen LogP contribution in [-0.4, -0.2) is 26.8 Å². The summed E-state index contributed by atoms with van der Waals surface area (Å²) in [4.78, 5) is 22.0. The zero-order valence-electron chi connectivity index (χ0n) is 11.8. The van der Waals surface area contributed by atoms with E-state index >= 15 is 0 Å². The first-order chi connectivity index (χ1) is 10.5. The number of carbonyl (C=O) groups is 2. The number of carbonyl (C=O) groups excluding carboxylic acids is 1. The van der Waals surface area contributed by atoms with Crippen molar-refractivity contribution in [3.63, 3.8) is 0 Å². The molecule has 1 aromatic carbocycles. The third-order valence-corrected chi connectivity index (χ3v) is 3.39. The lowest BCUT2D eigenvalue weighted by atomic mass is 10.2. The zero-order chi connectivity index (χ0) is 15.9. The van der Waals surface area contributed by atoms with Gasteiger partial charge < -0.3 is 10.4 Å². The molecule has 0 saturated carbocycles. The largest absolute Gasteiger partial charge is 0.481 e. The van der Waals surface area contributed by atoms with E-state index in [9.17, 15) is 9.59 Å². The summed E-state index contributed by atoms with van der Waals surface area (Å²) >= 11 is 3.35. The number of aromatic nitrogens is 2. The normalized spacial score (nSPS) is 10.4. The van der Waals surface area contributed by atoms with Crippen molar-refractivity contribution in [3.8, 4) is 0 Å². The van der Waals surface area contributed by atoms with E-state index in [-0.39, 0.29) is 18.7 Å². The lowest BCUT2D eigenvalue weighted by molar-refractivity contribution is -0.137. The number of hydrogen-bond acceptors (Lipinski definition) is 3. The first-order valence-corrected chi connectivity index (χ1v) is 7.61. The van der Waals surface area contributed by atoms with Crippen molar-refractivity contribution in [2.75, 3.05) is 5.32 Å². The predicted octanol–water partition coefficient (Wildman–Crippen LogP) is 2.89. The molecule has 0 saturated heterocycles. The molecule has 0 unspecified atom stereocenters. The van der Waals surface area contributed by atoms with E-state index in [1.165, 1.54) is 0 Å². The van der Waals surface area contributed by atoms with E-state index < -0.39 is 5.97 Å². The van der Waals surface area contributed by atoms with Crippen molar-refractivity contribution in [3.05, 3.63) is 46.7 Å². The second-order valence-corrected chi connectivity index (χ2v) is 5.76. The van der Waals surface area contributed by atoms with Gasteiger partial charge in [0.05, 0.1) is 17.2 Å². The molecule has 116 valence electrons. The van der Waals surface area contributed by atoms with Gasteiger partial charge in [0.15, 0.2) is 0 Å². The SMILES string of the molecule is O=C(O)CCCC(=O)Nc1ccc(Cn2cc(Br)cn2)cc1. The minimum absolute atomic E-state index is 0.00574. The summed E-state index contributed by atoms with van der Waals surface area (Å²) in [5.41, 5.74) is 1.77. The van der Waals surface area contributed by atoms with Crippen LogP contribution in [-0.2, 0) is 16.1 Å². The van der Waals surface area contributed by atoms with Crippen LogP contribution < -0.4 is 5.32 Å². The van der Waals surface area contributed by atoms with Gasteiger partial charge >= 0.3 is 5.97 Å². The van der Waals surface area contributed by atoms with E-state index in [4.69, 9.17) is 5.11 Å². The van der Waals surface area contributed by atoms with Crippen LogP contribution in [0.5, 0.6) is 0 Å². The van der Waals surface area contributed by atoms with Gasteiger partial charge in [0.1, 0.15) is 0 Å². The summed E-state index contributed by atoms with van der Waals surface area (Å²) in [7, 11) is 0. The van der Waals surface area contributed by atoms with Crippen molar-refractivity contribution in [2.24, 2.45) is 0 Å². The van der Waals surface area contributed by atoms with Crippen LogP contribution in [0.25, 0.3) is 0 Å². The van der Waals surface area contributed by atoms with E-state index in [0.29, 0.717) is 18.7 Å². The lowest BCUT2D eigenvalue weighted by Gasteiger charge is -2.06. The molecule has 2 N–H and O–H groups in total. The van der Waals surface area contributed by atoms with Crippen molar-refractivity contribution in [1.29, 1.82) is 0 Å². The molecular weight excluding hydrogens is 350 g/mol. The number of nitrogens with zero attached hydrogens (tertiary/aromatic N) is 2. The van der Waals surface area contributed by atoms with Gasteiger partial charge in [-0.05, 0) is 40.0 Å². The molecule has 1 heterocycles. The molecule has 6 nitrogen and oxygen atoms in total. The Kier molecular flexibility index (Phi) is 5.71. The van der Waals surface area contributed by atoms with Crippen LogP contribution in [0.3, 0.4) is 0 Å². The van der Waals surface area contributed by atoms with Crippen LogP contribution >= 0.6 is 15.9 Å². The van der Waals surface area contributed by atoms with Gasteiger partial charge in [-0.3, -0.25) is 14.3 Å². The number of nitrogens with one attached hydrogen (secondary N) is 1. The summed E-state index contributed by atoms with van der Waals surface area (Å²) in [5, 5.41) is 15.5. The summed E-state index contributed by atoms with van der Waals surface area (Å²) < 4.78 is 2.74. The Morgan fingerprint density at radius 1 is 1.23 bits per heavy atom. The van der Waals surface area contributed by atoms with Crippen LogP contribution in [0.2, 0.25) is 0 Å². The maximum absolute atomic E-state index is 11.6. The number of benzene rings is 1. The second-order valence-electron chi connectivity index (χ2n) is 4.85. The molecule has 0 radical (unpaired) electrons. The highest BCUT2D eigenvalue weighted by Gasteiger charge is 2.05. The second kappa shape index (κ2) is 7.74. The minimum atomic E-state index is -0.887. The molecule has 0 bridgehead atoms. The third kappa shape index (κ3) is 5.33. The highest BCUT2D eigenvalue weighted by molar-refractivity contribution is 9.10. The molecule has 0 aliphatic carbocycles. The maximum Gasteiger partial charge on any atom is 0.303 e. The highest BCUT2D eigenvalue weighted by atomic mass is 79.9. The summed E-state index contributed by atoms with van der Waals surface area (Å²) in [6, 6.07) is 7.48. The standard InChI is InChI=1S/C15H16BrN3O3/c16-12-8-17-19(10-12)9-11-4-6-13(7-5-11)18-14(20)2-1-3-15(21)22/h4-8,10H,1-3,9H2,(H,18,20)(H,21,22). The van der Waals surface area contributed by atoms with Crippen molar-refractivity contribution in [1.82, 2.24) is 9.78 Å². The minimum Gasteiger partial charge on any atom is -0.481 e. The number of hydrogen-bond donors (Lipinski definition) is 2. The van der Waals surface area contributed by atoms with Gasteiger partial charge in [0.2, 0.25) is 5.91 Å². The van der Waals surface area contributed by atoms with Crippen molar-refractivity contribution < 1.29 is 14.7 Å². The first-order valence-electron chi connectivity index (χ1n) is 6.81. The number of amides is 1. The van der Waals surface area contributed by atoms with Crippen molar-refractivity contribution in [2.45, 2.75) is 25.8 Å². The highest BCUT2D eigenvalue weighted by Crippen LogP contribution is 2.13. The van der Waals surface area contributed by atoms with Gasteiger partial charge in [0, 0.05) is 24.7 Å². The third-order valence-electron chi connectivity index (χ3n) is 2.98. The molecule has 0 fully saturated rings. The van der Waals surface area contributed by atoms with Gasteiger partial charge in [-0.25, -0.2) is 0 Å². The van der Waals surface area contributed by atoms with Crippen LogP contribution in [0, 0.1) is 0 Å². The average Bonchev–Trinajstić information content (AvgIpc) is 2.86. The summed E-state index contributed by atoms with van der Waals surface area (Å²) in [5.74, 6) is -1.06. The van der Waals surface area contributed by atoms with Crippen molar-refractivity contribution >= 4 is 33.5 Å². The Bertz CT molecular complexity index is 652. The fourth-order valence-corrected chi connectivity index (χ4v) is 2.26. The molecule has 0 aliphatic rings. The molecular formula is C15H16BrN3O3. The smallest absolute Gasteiger partial charge is 0.303 e. The van der Waals surface area contributed by atoms with E-state index in [0.717, 1.165) is 10.0 Å². The topological polar surface area (TPSA) is 84.2 Å². The van der Waals surface area contributed by atoms with E-state index in [1.54, 1.807) is 6.20 Å². The van der Waals surface area contributed by atoms with E-state index in [1.807, 2.05) is 35.1 Å². The van der Waals surface area contributed by atoms with Crippen LogP contribution in [0.15, 0.2) is 41.1 Å². The Labute approximate surface area is 136 Å². The van der Waals surface area contributed by atoms with E-state index in [2.05, 4.69) is 26.3 Å². The Hall–Kier alpha value is -2.15. The molecule has 2 aromatic rings. The Balaban J connectivity index is 1.83. The van der Waals surface area contributed by atoms with Crippen LogP contribution in [0.4, 0.5) is 5.69 Å². The van der Waals surface area contributed by atoms with Gasteiger partial charge in [-0.1, -0.05) is 12.1 Å². The van der Waals surface area contributed by atoms with Gasteiger partial charge in [-0.15, -0.1) is 0 Å². The number of aliphatic carboxylic acids is 1. The first kappa shape index (κ1) is 16.2. The number of carboxylic acid groups (broad SMARTS) is 1. The Morgan fingerprint density at radius 3 is 2.55 bits per heavy atom. The predicted molar refractivity (Wildman–Crippen MR) is 85.6 cm³/mol. The summed E-state index contributed by atoms with van der Waals surface area (Å²) in [6.45, 7) is 0.651. The molecule has 1 amide bonds. The molecule has 0 spiro atoms. The lowest BCUT2D eigenvalue weighted by Crippen LogP contribution is -2.12. The van der Waals surface area contributed by atoms with Crippen LogP contribution in [0.1, 0.15) is 24.8 Å². The molecule has 1 aromatic heterocycles. The summed E-state index contributed by atoms with van der Waals surface area (Å²) in [6.07, 6.45) is 4.17. The fraction of sp³-hybridized carbons (Fsp3) is 0.267.